The van der Waals surface area contributed by atoms with E-state index in [1.165, 1.54) is 60.9 Å². The summed E-state index contributed by atoms with van der Waals surface area (Å²) in [6, 6.07) is 48.8. The van der Waals surface area contributed by atoms with Gasteiger partial charge < -0.3 is 9.80 Å². The zero-order valence-electron chi connectivity index (χ0n) is 27.3. The number of hydrogen-bond acceptors (Lipinski definition) is 2. The van der Waals surface area contributed by atoms with Crippen LogP contribution >= 0.6 is 0 Å². The molecule has 0 saturated carbocycles. The van der Waals surface area contributed by atoms with Crippen molar-refractivity contribution in [2.75, 3.05) is 16.8 Å². The fourth-order valence-electron chi connectivity index (χ4n) is 7.59. The molecule has 230 valence electrons. The number of benzene rings is 6. The van der Waals surface area contributed by atoms with Crippen LogP contribution in [0.5, 0.6) is 0 Å². The summed E-state index contributed by atoms with van der Waals surface area (Å²) < 4.78 is 0. The third-order valence-electron chi connectivity index (χ3n) is 10.4. The SMILES string of the molecule is CC1C=C(c2ccc(N(C)C3(C)C=Cc4ccccc4C3)cc2)C=CC1N(c1cccc2ccccc12)c1cccc2ccccc12. The number of allylic oxidation sites excluding steroid dienone is 2. The molecule has 3 atom stereocenters. The van der Waals surface area contributed by atoms with Gasteiger partial charge in [-0.05, 0) is 76.6 Å². The van der Waals surface area contributed by atoms with E-state index in [2.05, 4.69) is 195 Å². The van der Waals surface area contributed by atoms with E-state index in [0.717, 1.165) is 6.42 Å². The van der Waals surface area contributed by atoms with Crippen molar-refractivity contribution in [3.63, 3.8) is 0 Å². The minimum atomic E-state index is -0.0751. The average Bonchev–Trinajstić information content (AvgIpc) is 3.12. The Labute approximate surface area is 278 Å². The number of anilines is 3. The molecular formula is C45H40N2. The standard InChI is InChI=1S/C45H40N2/c1-32-30-37(34-22-25-39(26-23-34)46(3)45(2)29-28-33-12-4-5-15-38(33)31-45)24-27-42(32)47(43-20-10-16-35-13-6-8-18-40(35)43)44-21-11-17-36-14-7-9-19-41(36)44/h4-30,32,42H,31H2,1-3H3. The Morgan fingerprint density at radius 1 is 0.638 bits per heavy atom. The molecule has 0 heterocycles. The van der Waals surface area contributed by atoms with Gasteiger partial charge in [0.1, 0.15) is 0 Å². The van der Waals surface area contributed by atoms with E-state index in [0.29, 0.717) is 0 Å². The highest BCUT2D eigenvalue weighted by atomic mass is 15.2. The predicted molar refractivity (Wildman–Crippen MR) is 203 cm³/mol. The summed E-state index contributed by atoms with van der Waals surface area (Å²) in [6.07, 6.45) is 12.8. The van der Waals surface area contributed by atoms with Crippen molar-refractivity contribution < 1.29 is 0 Å². The maximum atomic E-state index is 2.56. The van der Waals surface area contributed by atoms with E-state index in [9.17, 15) is 0 Å². The van der Waals surface area contributed by atoms with E-state index in [4.69, 9.17) is 0 Å². The first-order valence-electron chi connectivity index (χ1n) is 16.7. The topological polar surface area (TPSA) is 6.48 Å². The second-order valence-electron chi connectivity index (χ2n) is 13.4. The number of rotatable bonds is 6. The maximum absolute atomic E-state index is 2.56. The van der Waals surface area contributed by atoms with Gasteiger partial charge in [-0.3, -0.25) is 0 Å². The van der Waals surface area contributed by atoms with Crippen LogP contribution in [0, 0.1) is 5.92 Å². The number of likely N-dealkylation sites (N-methyl/N-ethyl adjacent to an activating group) is 1. The molecule has 0 saturated heterocycles. The molecule has 0 spiro atoms. The van der Waals surface area contributed by atoms with Crippen LogP contribution < -0.4 is 9.80 Å². The fourth-order valence-corrected chi connectivity index (χ4v) is 7.59. The predicted octanol–water partition coefficient (Wildman–Crippen LogP) is 11.3. The van der Waals surface area contributed by atoms with E-state index in [1.807, 2.05) is 0 Å². The van der Waals surface area contributed by atoms with Gasteiger partial charge in [-0.15, -0.1) is 0 Å². The molecule has 2 aliphatic carbocycles. The number of hydrogen-bond donors (Lipinski definition) is 0. The Kier molecular flexibility index (Phi) is 7.29. The molecular weight excluding hydrogens is 569 g/mol. The average molecular weight is 609 g/mol. The molecule has 47 heavy (non-hydrogen) atoms. The van der Waals surface area contributed by atoms with E-state index >= 15 is 0 Å². The van der Waals surface area contributed by atoms with Gasteiger partial charge >= 0.3 is 0 Å². The summed E-state index contributed by atoms with van der Waals surface area (Å²) in [7, 11) is 2.22. The van der Waals surface area contributed by atoms with Crippen molar-refractivity contribution in [1.29, 1.82) is 0 Å². The van der Waals surface area contributed by atoms with Gasteiger partial charge in [0.15, 0.2) is 0 Å². The lowest BCUT2D eigenvalue weighted by Gasteiger charge is -2.41. The first-order valence-corrected chi connectivity index (χ1v) is 16.7. The molecule has 0 radical (unpaired) electrons. The minimum Gasteiger partial charge on any atom is -0.365 e. The molecule has 2 aliphatic rings. The van der Waals surface area contributed by atoms with Crippen molar-refractivity contribution in [2.45, 2.75) is 31.8 Å². The Bertz CT molecular complexity index is 2100. The molecule has 0 bridgehead atoms. The van der Waals surface area contributed by atoms with Gasteiger partial charge in [0, 0.05) is 34.9 Å². The molecule has 0 N–H and O–H groups in total. The smallest absolute Gasteiger partial charge is 0.0597 e. The van der Waals surface area contributed by atoms with E-state index in [1.54, 1.807) is 0 Å². The van der Waals surface area contributed by atoms with Crippen LogP contribution in [0.4, 0.5) is 17.1 Å². The molecule has 2 heteroatoms. The summed E-state index contributed by atoms with van der Waals surface area (Å²) in [5.74, 6) is 0.279. The molecule has 8 rings (SSSR count). The lowest BCUT2D eigenvalue weighted by molar-refractivity contribution is 0.539. The van der Waals surface area contributed by atoms with Crippen LogP contribution in [0.15, 0.2) is 158 Å². The molecule has 6 aromatic carbocycles. The monoisotopic (exact) mass is 608 g/mol. The lowest BCUT2D eigenvalue weighted by atomic mass is 9.83. The van der Waals surface area contributed by atoms with Crippen molar-refractivity contribution in [3.05, 3.63) is 174 Å². The summed E-state index contributed by atoms with van der Waals surface area (Å²) >= 11 is 0. The van der Waals surface area contributed by atoms with Crippen molar-refractivity contribution >= 4 is 50.3 Å². The van der Waals surface area contributed by atoms with Crippen molar-refractivity contribution in [2.24, 2.45) is 5.92 Å². The normalized spacial score (nSPS) is 20.2. The zero-order chi connectivity index (χ0) is 32.0. The summed E-state index contributed by atoms with van der Waals surface area (Å²) in [5.41, 5.74) is 8.88. The van der Waals surface area contributed by atoms with E-state index in [-0.39, 0.29) is 17.5 Å². The third kappa shape index (κ3) is 5.24. The summed E-state index contributed by atoms with van der Waals surface area (Å²) in [5, 5.41) is 5.04. The minimum absolute atomic E-state index is 0.0751. The Hall–Kier alpha value is -5.34. The van der Waals surface area contributed by atoms with Gasteiger partial charge in [0.05, 0.1) is 11.6 Å². The van der Waals surface area contributed by atoms with Gasteiger partial charge in [-0.1, -0.05) is 146 Å². The van der Waals surface area contributed by atoms with Crippen molar-refractivity contribution in [3.8, 4) is 0 Å². The molecule has 0 amide bonds. The second kappa shape index (κ2) is 11.8. The Balaban J connectivity index is 1.11. The van der Waals surface area contributed by atoms with E-state index < -0.39 is 0 Å². The molecule has 2 nitrogen and oxygen atoms in total. The number of nitrogens with zero attached hydrogens (tertiary/aromatic N) is 2. The first-order chi connectivity index (χ1) is 23.0. The molecule has 3 unspecified atom stereocenters. The zero-order valence-corrected chi connectivity index (χ0v) is 27.3. The fraction of sp³-hybridized carbons (Fsp3) is 0.156. The highest BCUT2D eigenvalue weighted by molar-refractivity contribution is 6.02. The van der Waals surface area contributed by atoms with Crippen LogP contribution in [-0.2, 0) is 6.42 Å². The van der Waals surface area contributed by atoms with Crippen LogP contribution in [0.1, 0.15) is 30.5 Å². The second-order valence-corrected chi connectivity index (χ2v) is 13.4. The van der Waals surface area contributed by atoms with Crippen LogP contribution in [0.3, 0.4) is 0 Å². The largest absolute Gasteiger partial charge is 0.365 e. The van der Waals surface area contributed by atoms with Gasteiger partial charge in [0.2, 0.25) is 0 Å². The highest BCUT2D eigenvalue weighted by Crippen LogP contribution is 2.42. The molecule has 0 fully saturated rings. The molecule has 0 aliphatic heterocycles. The van der Waals surface area contributed by atoms with Crippen molar-refractivity contribution in [1.82, 2.24) is 0 Å². The van der Waals surface area contributed by atoms with Gasteiger partial charge in [0.25, 0.3) is 0 Å². The van der Waals surface area contributed by atoms with Crippen LogP contribution in [-0.4, -0.2) is 18.6 Å². The van der Waals surface area contributed by atoms with Crippen LogP contribution in [0.2, 0.25) is 0 Å². The molecule has 6 aromatic rings. The number of fused-ring (bicyclic) bond motifs is 3. The lowest BCUT2D eigenvalue weighted by Crippen LogP contribution is -2.45. The summed E-state index contributed by atoms with van der Waals surface area (Å²) in [4.78, 5) is 4.98. The first kappa shape index (κ1) is 29.1. The molecule has 0 aromatic heterocycles. The van der Waals surface area contributed by atoms with Crippen LogP contribution in [0.25, 0.3) is 33.2 Å². The van der Waals surface area contributed by atoms with Gasteiger partial charge in [-0.2, -0.15) is 0 Å². The summed E-state index contributed by atoms with van der Waals surface area (Å²) in [6.45, 7) is 4.69. The highest BCUT2D eigenvalue weighted by Gasteiger charge is 2.31. The Morgan fingerprint density at radius 2 is 1.23 bits per heavy atom. The Morgan fingerprint density at radius 3 is 1.89 bits per heavy atom. The van der Waals surface area contributed by atoms with Gasteiger partial charge in [-0.25, -0.2) is 0 Å². The maximum Gasteiger partial charge on any atom is 0.0597 e. The quantitative estimate of drug-likeness (QED) is 0.186. The third-order valence-corrected chi connectivity index (χ3v) is 10.4.